The third-order valence-electron chi connectivity index (χ3n) is 11.8. The Balaban J connectivity index is 1.11. The summed E-state index contributed by atoms with van der Waals surface area (Å²) in [5, 5.41) is 35.8. The van der Waals surface area contributed by atoms with Crippen LogP contribution in [0.5, 0.6) is 0 Å². The summed E-state index contributed by atoms with van der Waals surface area (Å²) in [7, 11) is -7.84. The number of anilines is 1. The van der Waals surface area contributed by atoms with Crippen LogP contribution >= 0.6 is 14.5 Å². The summed E-state index contributed by atoms with van der Waals surface area (Å²) in [6, 6.07) is 12.1. The lowest BCUT2D eigenvalue weighted by Crippen LogP contribution is -2.49. The highest BCUT2D eigenvalue weighted by Crippen LogP contribution is 2.56. The topological polar surface area (TPSA) is 313 Å². The van der Waals surface area contributed by atoms with Gasteiger partial charge in [0.2, 0.25) is 0 Å². The van der Waals surface area contributed by atoms with E-state index < -0.39 is 97.7 Å². The summed E-state index contributed by atoms with van der Waals surface area (Å²) < 4.78 is 83.6. The van der Waals surface area contributed by atoms with Crippen LogP contribution < -0.4 is 5.32 Å². The van der Waals surface area contributed by atoms with Crippen molar-refractivity contribution in [3.63, 3.8) is 0 Å². The van der Waals surface area contributed by atoms with Gasteiger partial charge in [-0.1, -0.05) is 39.0 Å². The second kappa shape index (κ2) is 20.9. The standard InChI is InChI=1S/C40H48FN13O12P2SSi/c1-40(2,3)70(4,5)66-32-31(25(17-55)62-39(32)53-22-48-29-35(53)49-23-54-36(29)46-20-50-54)65-68(69,60-16-10-14-43)61-18-26-30(64-67(57,58)59-15-9-13-42)27(41)38(63-26)52-21-47-28-33(44-19-45-34(28)52)51-37(56)24-11-7-6-8-12-24/h6-8,11-12,19-23,25-27,30-32,38-39,55H,9-10,15-18H2,1-5H3,(H,57,58)(H,44,45,51,56)/t25-,26-,27-,30-,31-,32?,38-,39-,68?/m1/s1. The van der Waals surface area contributed by atoms with Crippen LogP contribution in [0.25, 0.3) is 28.0 Å². The SMILES string of the molecule is CC(C)(C)[Si](C)(C)OC1[C@H](n2cnc3c2ncn2ncnc32)O[C@H](CO)[C@H]1OP(=S)(OCCC#N)OC[C@H]1O[C@@H](n2cnc3c(NC(=O)c4ccccc4)ncnc32)[C@H](F)[C@@H]1OP(=O)(O)OCCC#N. The summed E-state index contributed by atoms with van der Waals surface area (Å²) in [6.07, 6.45) is -5.73. The molecule has 2 fully saturated rings. The zero-order chi connectivity index (χ0) is 50.0. The molecule has 0 bridgehead atoms. The Morgan fingerprint density at radius 1 is 0.857 bits per heavy atom. The molecule has 372 valence electrons. The van der Waals surface area contributed by atoms with Crippen LogP contribution in [0, 0.1) is 22.7 Å². The molecule has 2 saturated heterocycles. The van der Waals surface area contributed by atoms with Gasteiger partial charge in [0.15, 0.2) is 60.7 Å². The van der Waals surface area contributed by atoms with Crippen molar-refractivity contribution in [1.29, 1.82) is 10.5 Å². The fraction of sp³-hybridized carbons (Fsp3) is 0.500. The highest BCUT2D eigenvalue weighted by molar-refractivity contribution is 8.07. The van der Waals surface area contributed by atoms with E-state index in [9.17, 15) is 24.6 Å². The molecule has 3 N–H and O–H groups in total. The fourth-order valence-electron chi connectivity index (χ4n) is 7.37. The number of carbonyl (C=O) groups is 1. The minimum absolute atomic E-state index is 0.00223. The van der Waals surface area contributed by atoms with Gasteiger partial charge in [0.05, 0.1) is 64.1 Å². The fourth-order valence-corrected chi connectivity index (χ4v) is 11.7. The first kappa shape index (κ1) is 51.2. The number of nitriles is 2. The van der Waals surface area contributed by atoms with Crippen molar-refractivity contribution in [3.8, 4) is 12.1 Å². The molecule has 6 aromatic rings. The van der Waals surface area contributed by atoms with Gasteiger partial charge in [-0.2, -0.15) is 15.6 Å². The lowest BCUT2D eigenvalue weighted by atomic mass is 10.1. The van der Waals surface area contributed by atoms with Gasteiger partial charge in [-0.3, -0.25) is 27.5 Å². The monoisotopic (exact) mass is 1040 g/mol. The Bertz CT molecular complexity index is 3020. The van der Waals surface area contributed by atoms with Crippen LogP contribution in [0.15, 0.2) is 62.0 Å². The average Bonchev–Trinajstić information content (AvgIpc) is 4.17. The van der Waals surface area contributed by atoms with Crippen LogP contribution in [-0.4, -0.2) is 136 Å². The smallest absolute Gasteiger partial charge is 0.407 e. The first-order valence-electron chi connectivity index (χ1n) is 21.6. The normalized spacial score (nSPS) is 24.7. The Labute approximate surface area is 404 Å². The van der Waals surface area contributed by atoms with Crippen molar-refractivity contribution < 1.29 is 60.3 Å². The number of imidazole rings is 2. The lowest BCUT2D eigenvalue weighted by molar-refractivity contribution is -0.0541. The van der Waals surface area contributed by atoms with Gasteiger partial charge in [0.25, 0.3) is 5.91 Å². The molecule has 2 aliphatic rings. The maximum atomic E-state index is 17.0. The number of aliphatic hydroxyl groups is 1. The number of hydrogen-bond acceptors (Lipinski definition) is 21. The third-order valence-corrected chi connectivity index (χ3v) is 19.7. The quantitative estimate of drug-likeness (QED) is 0.0511. The Morgan fingerprint density at radius 2 is 1.51 bits per heavy atom. The van der Waals surface area contributed by atoms with E-state index in [1.165, 1.54) is 34.4 Å². The highest BCUT2D eigenvalue weighted by Gasteiger charge is 2.55. The van der Waals surface area contributed by atoms with Crippen LogP contribution in [-0.2, 0) is 52.9 Å². The molecule has 5 aromatic heterocycles. The van der Waals surface area contributed by atoms with Crippen molar-refractivity contribution in [1.82, 2.24) is 48.7 Å². The number of carbonyl (C=O) groups excluding carboxylic acids is 1. The highest BCUT2D eigenvalue weighted by atomic mass is 32.5. The molecule has 1 amide bonds. The van der Waals surface area contributed by atoms with Crippen LogP contribution in [0.3, 0.4) is 0 Å². The molecule has 1 aromatic carbocycles. The number of phosphoric acid groups is 1. The first-order chi connectivity index (χ1) is 33.4. The van der Waals surface area contributed by atoms with Crippen LogP contribution in [0.4, 0.5) is 10.2 Å². The summed E-state index contributed by atoms with van der Waals surface area (Å²) in [4.78, 5) is 50.0. The molecule has 8 rings (SSSR count). The number of aliphatic hydroxyl groups excluding tert-OH is 1. The molecule has 30 heteroatoms. The predicted octanol–water partition coefficient (Wildman–Crippen LogP) is 5.05. The van der Waals surface area contributed by atoms with E-state index in [1.54, 1.807) is 41.0 Å². The number of nitrogens with zero attached hydrogens (tertiary/aromatic N) is 12. The number of aromatic nitrogens is 10. The minimum atomic E-state index is -5.09. The van der Waals surface area contributed by atoms with E-state index in [0.717, 1.165) is 6.33 Å². The maximum absolute atomic E-state index is 17.0. The molecule has 10 atom stereocenters. The lowest BCUT2D eigenvalue weighted by Gasteiger charge is -2.41. The average molecular weight is 1040 g/mol. The molecule has 2 aliphatic heterocycles. The van der Waals surface area contributed by atoms with Gasteiger partial charge < -0.3 is 38.3 Å². The molecule has 0 saturated carbocycles. The van der Waals surface area contributed by atoms with Gasteiger partial charge in [-0.25, -0.2) is 43.4 Å². The Hall–Kier alpha value is -5.13. The van der Waals surface area contributed by atoms with Crippen molar-refractivity contribution in [3.05, 3.63) is 67.5 Å². The van der Waals surface area contributed by atoms with Gasteiger partial charge in [-0.05, 0) is 42.1 Å². The van der Waals surface area contributed by atoms with Crippen LogP contribution in [0.2, 0.25) is 18.1 Å². The second-order valence-electron chi connectivity index (χ2n) is 17.4. The summed E-state index contributed by atoms with van der Waals surface area (Å²) >= 11 is 6.01. The van der Waals surface area contributed by atoms with Crippen molar-refractivity contribution >= 4 is 74.4 Å². The first-order valence-corrected chi connectivity index (χ1v) is 28.6. The number of ether oxygens (including phenoxy) is 2. The largest absolute Gasteiger partial charge is 0.472 e. The summed E-state index contributed by atoms with van der Waals surface area (Å²) in [5.74, 6) is -0.507. The number of nitrogens with one attached hydrogen (secondary N) is 1. The van der Waals surface area contributed by atoms with Gasteiger partial charge in [0.1, 0.15) is 49.5 Å². The second-order valence-corrected chi connectivity index (χ2v) is 26.5. The molecular weight excluding hydrogens is 996 g/mol. The van der Waals surface area contributed by atoms with E-state index >= 15 is 4.39 Å². The third kappa shape index (κ3) is 10.7. The maximum Gasteiger partial charge on any atom is 0.472 e. The molecule has 7 heterocycles. The van der Waals surface area contributed by atoms with Crippen molar-refractivity contribution in [2.24, 2.45) is 0 Å². The number of halogens is 1. The molecule has 25 nitrogen and oxygen atoms in total. The predicted molar refractivity (Wildman–Crippen MR) is 248 cm³/mol. The number of hydrogen-bond donors (Lipinski definition) is 3. The van der Waals surface area contributed by atoms with E-state index in [2.05, 4.69) is 40.3 Å². The van der Waals surface area contributed by atoms with Gasteiger partial charge in [0, 0.05) is 5.56 Å². The molecule has 0 spiro atoms. The zero-order valence-corrected chi connectivity index (χ0v) is 41.8. The molecule has 0 aliphatic carbocycles. The number of rotatable bonds is 20. The van der Waals surface area contributed by atoms with E-state index in [0.29, 0.717) is 22.4 Å². The van der Waals surface area contributed by atoms with Crippen molar-refractivity contribution in [2.45, 2.75) is 101 Å². The molecule has 3 unspecified atom stereocenters. The number of amides is 1. The number of benzene rings is 1. The zero-order valence-electron chi connectivity index (χ0n) is 38.2. The van der Waals surface area contributed by atoms with Gasteiger partial charge in [-0.15, -0.1) is 0 Å². The Kier molecular flexibility index (Phi) is 15.3. The van der Waals surface area contributed by atoms with Crippen LogP contribution in [0.1, 0.15) is 56.4 Å². The van der Waals surface area contributed by atoms with Gasteiger partial charge >= 0.3 is 14.5 Å². The summed E-state index contributed by atoms with van der Waals surface area (Å²) in [6.45, 7) is 3.80. The summed E-state index contributed by atoms with van der Waals surface area (Å²) in [5.41, 5.74) is 1.57. The van der Waals surface area contributed by atoms with Crippen molar-refractivity contribution in [2.75, 3.05) is 31.7 Å². The molecule has 0 radical (unpaired) electrons. The molecular formula is C40H48FN13O12P2SSi. The number of alkyl halides is 1. The number of phosphoric ester groups is 1. The Morgan fingerprint density at radius 3 is 2.21 bits per heavy atom. The minimum Gasteiger partial charge on any atom is -0.407 e. The van der Waals surface area contributed by atoms with E-state index in [1.807, 2.05) is 39.9 Å². The molecule has 70 heavy (non-hydrogen) atoms. The van der Waals surface area contributed by atoms with E-state index in [-0.39, 0.29) is 41.5 Å². The van der Waals surface area contributed by atoms with E-state index in [4.69, 9.17) is 53.6 Å². The number of fused-ring (bicyclic) bond motifs is 4.